The van der Waals surface area contributed by atoms with Gasteiger partial charge in [0.05, 0.1) is 0 Å². The molecule has 0 aromatic heterocycles. The Bertz CT molecular complexity index is 308. The third-order valence-corrected chi connectivity index (χ3v) is 4.04. The first-order valence-corrected chi connectivity index (χ1v) is 6.91. The molecular weight excluding hydrogens is 192 g/mol. The van der Waals surface area contributed by atoms with Crippen molar-refractivity contribution in [1.82, 2.24) is 0 Å². The second-order valence-electron chi connectivity index (χ2n) is 5.32. The molecule has 88 valence electrons. The first-order valence-electron chi connectivity index (χ1n) is 6.91. The average Bonchev–Trinajstić information content (AvgIpc) is 2.33. The van der Waals surface area contributed by atoms with Gasteiger partial charge in [0.2, 0.25) is 0 Å². The van der Waals surface area contributed by atoms with Gasteiger partial charge in [-0.15, -0.1) is 0 Å². The van der Waals surface area contributed by atoms with Crippen molar-refractivity contribution in [3.8, 4) is 0 Å². The van der Waals surface area contributed by atoms with E-state index in [1.54, 1.807) is 5.56 Å². The summed E-state index contributed by atoms with van der Waals surface area (Å²) in [4.78, 5) is 0. The summed E-state index contributed by atoms with van der Waals surface area (Å²) in [6, 6.07) is 8.83. The van der Waals surface area contributed by atoms with E-state index in [-0.39, 0.29) is 0 Å². The summed E-state index contributed by atoms with van der Waals surface area (Å²) < 4.78 is 0. The van der Waals surface area contributed by atoms with Crippen LogP contribution in [0.1, 0.15) is 56.1 Å². The van der Waals surface area contributed by atoms with E-state index in [9.17, 15) is 0 Å². The molecule has 0 heteroatoms. The Morgan fingerprint density at radius 2 is 1.81 bits per heavy atom. The Morgan fingerprint density at radius 1 is 1.06 bits per heavy atom. The topological polar surface area (TPSA) is 0 Å². The van der Waals surface area contributed by atoms with Gasteiger partial charge < -0.3 is 0 Å². The summed E-state index contributed by atoms with van der Waals surface area (Å²) in [7, 11) is 0. The molecule has 0 spiro atoms. The van der Waals surface area contributed by atoms with Gasteiger partial charge in [-0.25, -0.2) is 0 Å². The second kappa shape index (κ2) is 6.08. The van der Waals surface area contributed by atoms with Gasteiger partial charge in [0.1, 0.15) is 0 Å². The summed E-state index contributed by atoms with van der Waals surface area (Å²) in [5.74, 6) is 1.04. The zero-order valence-electron chi connectivity index (χ0n) is 10.5. The Balaban J connectivity index is 1.73. The molecule has 2 rings (SSSR count). The Labute approximate surface area is 100 Å². The number of hydrogen-bond donors (Lipinski definition) is 0. The Morgan fingerprint density at radius 3 is 2.56 bits per heavy atom. The minimum Gasteiger partial charge on any atom is -0.0620 e. The average molecular weight is 216 g/mol. The highest BCUT2D eigenvalue weighted by molar-refractivity contribution is 5.25. The Kier molecular flexibility index (Phi) is 4.44. The molecule has 1 aromatic rings. The van der Waals surface area contributed by atoms with Gasteiger partial charge in [-0.2, -0.15) is 0 Å². The Hall–Kier alpha value is -0.780. The fraction of sp³-hybridized carbons (Fsp3) is 0.625. The number of aryl methyl sites for hydroxylation is 2. The number of rotatable bonds is 4. The van der Waals surface area contributed by atoms with E-state index in [2.05, 4.69) is 31.2 Å². The number of benzene rings is 1. The van der Waals surface area contributed by atoms with Crippen molar-refractivity contribution in [2.45, 2.75) is 58.3 Å². The van der Waals surface area contributed by atoms with Gasteiger partial charge in [-0.05, 0) is 36.8 Å². The van der Waals surface area contributed by atoms with E-state index in [0.29, 0.717) is 0 Å². The van der Waals surface area contributed by atoms with Crippen LogP contribution in [0.5, 0.6) is 0 Å². The first kappa shape index (κ1) is 11.7. The molecule has 0 nitrogen and oxygen atoms in total. The quantitative estimate of drug-likeness (QED) is 0.671. The standard InChI is InChI=1S/C16H24/c1-14-8-5-6-12-16(14)13-7-11-15-9-3-2-4-10-15/h5-6,8,12,15H,2-4,7,9-11,13H2,1H3. The maximum Gasteiger partial charge on any atom is -0.0276 e. The largest absolute Gasteiger partial charge is 0.0620 e. The molecule has 0 saturated heterocycles. The molecule has 1 aromatic carbocycles. The molecule has 0 unspecified atom stereocenters. The lowest BCUT2D eigenvalue weighted by Gasteiger charge is -2.21. The van der Waals surface area contributed by atoms with Gasteiger partial charge in [0.25, 0.3) is 0 Å². The molecule has 1 fully saturated rings. The monoisotopic (exact) mass is 216 g/mol. The maximum absolute atomic E-state index is 2.29. The third kappa shape index (κ3) is 3.37. The van der Waals surface area contributed by atoms with E-state index in [0.717, 1.165) is 5.92 Å². The van der Waals surface area contributed by atoms with Crippen LogP contribution in [0.2, 0.25) is 0 Å². The summed E-state index contributed by atoms with van der Waals surface area (Å²) in [6.45, 7) is 2.23. The normalized spacial score (nSPS) is 17.6. The van der Waals surface area contributed by atoms with Crippen molar-refractivity contribution in [2.75, 3.05) is 0 Å². The van der Waals surface area contributed by atoms with Crippen molar-refractivity contribution in [3.63, 3.8) is 0 Å². The molecule has 0 atom stereocenters. The lowest BCUT2D eigenvalue weighted by Crippen LogP contribution is -2.06. The van der Waals surface area contributed by atoms with E-state index in [1.807, 2.05) is 0 Å². The van der Waals surface area contributed by atoms with Gasteiger partial charge >= 0.3 is 0 Å². The molecule has 1 aliphatic carbocycles. The fourth-order valence-electron chi connectivity index (χ4n) is 2.95. The summed E-state index contributed by atoms with van der Waals surface area (Å²) >= 11 is 0. The molecule has 0 heterocycles. The molecule has 0 bridgehead atoms. The van der Waals surface area contributed by atoms with Gasteiger partial charge in [0.15, 0.2) is 0 Å². The summed E-state index contributed by atoms with van der Waals surface area (Å²) in [5.41, 5.74) is 3.02. The van der Waals surface area contributed by atoms with Gasteiger partial charge in [0, 0.05) is 0 Å². The van der Waals surface area contributed by atoms with Crippen molar-refractivity contribution >= 4 is 0 Å². The van der Waals surface area contributed by atoms with Crippen LogP contribution in [0.4, 0.5) is 0 Å². The van der Waals surface area contributed by atoms with Crippen LogP contribution in [0.15, 0.2) is 24.3 Å². The predicted octanol–water partition coefficient (Wildman–Crippen LogP) is 4.90. The van der Waals surface area contributed by atoms with Crippen molar-refractivity contribution in [1.29, 1.82) is 0 Å². The highest BCUT2D eigenvalue weighted by Gasteiger charge is 2.12. The van der Waals surface area contributed by atoms with Crippen molar-refractivity contribution in [2.24, 2.45) is 5.92 Å². The van der Waals surface area contributed by atoms with Crippen LogP contribution >= 0.6 is 0 Å². The minimum absolute atomic E-state index is 1.04. The zero-order chi connectivity index (χ0) is 11.2. The van der Waals surface area contributed by atoms with Crippen LogP contribution < -0.4 is 0 Å². The van der Waals surface area contributed by atoms with Crippen LogP contribution in [0.25, 0.3) is 0 Å². The fourth-order valence-corrected chi connectivity index (χ4v) is 2.95. The highest BCUT2D eigenvalue weighted by atomic mass is 14.2. The first-order chi connectivity index (χ1) is 7.86. The molecule has 0 radical (unpaired) electrons. The molecule has 0 aliphatic heterocycles. The highest BCUT2D eigenvalue weighted by Crippen LogP contribution is 2.27. The lowest BCUT2D eigenvalue weighted by atomic mass is 9.85. The molecule has 1 aliphatic rings. The van der Waals surface area contributed by atoms with Crippen molar-refractivity contribution in [3.05, 3.63) is 35.4 Å². The SMILES string of the molecule is Cc1ccccc1CCCC1CCCCC1. The molecule has 0 amide bonds. The van der Waals surface area contributed by atoms with E-state index in [4.69, 9.17) is 0 Å². The maximum atomic E-state index is 2.29. The lowest BCUT2D eigenvalue weighted by molar-refractivity contribution is 0.332. The van der Waals surface area contributed by atoms with Crippen LogP contribution in [0, 0.1) is 12.8 Å². The smallest absolute Gasteiger partial charge is 0.0276 e. The van der Waals surface area contributed by atoms with E-state index >= 15 is 0 Å². The molecule has 0 N–H and O–H groups in total. The van der Waals surface area contributed by atoms with Crippen LogP contribution in [-0.2, 0) is 6.42 Å². The van der Waals surface area contributed by atoms with E-state index < -0.39 is 0 Å². The minimum atomic E-state index is 1.04. The van der Waals surface area contributed by atoms with E-state index in [1.165, 1.54) is 56.9 Å². The number of hydrogen-bond acceptors (Lipinski definition) is 0. The molecule has 16 heavy (non-hydrogen) atoms. The third-order valence-electron chi connectivity index (χ3n) is 4.04. The molecular formula is C16H24. The summed E-state index contributed by atoms with van der Waals surface area (Å²) in [6.07, 6.45) is 11.5. The van der Waals surface area contributed by atoms with Crippen LogP contribution in [0.3, 0.4) is 0 Å². The van der Waals surface area contributed by atoms with Crippen molar-refractivity contribution < 1.29 is 0 Å². The predicted molar refractivity (Wildman–Crippen MR) is 70.7 cm³/mol. The van der Waals surface area contributed by atoms with Crippen LogP contribution in [-0.4, -0.2) is 0 Å². The van der Waals surface area contributed by atoms with Gasteiger partial charge in [-0.3, -0.25) is 0 Å². The summed E-state index contributed by atoms with van der Waals surface area (Å²) in [5, 5.41) is 0. The van der Waals surface area contributed by atoms with Gasteiger partial charge in [-0.1, -0.05) is 62.8 Å². The zero-order valence-corrected chi connectivity index (χ0v) is 10.5. The second-order valence-corrected chi connectivity index (χ2v) is 5.32. The molecule has 1 saturated carbocycles.